The van der Waals surface area contributed by atoms with Crippen molar-refractivity contribution in [1.82, 2.24) is 9.55 Å². The fourth-order valence-corrected chi connectivity index (χ4v) is 2.86. The first-order valence-corrected chi connectivity index (χ1v) is 7.99. The zero-order valence-electron chi connectivity index (χ0n) is 13.7. The number of aliphatic hydroxyl groups is 1. The second-order valence-corrected chi connectivity index (χ2v) is 5.83. The maximum absolute atomic E-state index is 10.8. The van der Waals surface area contributed by atoms with E-state index < -0.39 is 6.10 Å². The van der Waals surface area contributed by atoms with E-state index in [1.807, 2.05) is 55.5 Å². The lowest BCUT2D eigenvalue weighted by atomic mass is 10.1. The summed E-state index contributed by atoms with van der Waals surface area (Å²) in [7, 11) is 0. The first-order chi connectivity index (χ1) is 11.1. The fourth-order valence-electron chi connectivity index (χ4n) is 2.86. The van der Waals surface area contributed by atoms with E-state index in [1.165, 1.54) is 0 Å². The number of para-hydroxylation sites is 2. The molecule has 0 aliphatic heterocycles. The van der Waals surface area contributed by atoms with Crippen molar-refractivity contribution in [3.63, 3.8) is 0 Å². The van der Waals surface area contributed by atoms with Gasteiger partial charge in [-0.1, -0.05) is 24.3 Å². The van der Waals surface area contributed by atoms with Crippen LogP contribution in [-0.2, 0) is 0 Å². The van der Waals surface area contributed by atoms with Gasteiger partial charge in [0, 0.05) is 6.04 Å². The second-order valence-electron chi connectivity index (χ2n) is 5.83. The van der Waals surface area contributed by atoms with Gasteiger partial charge in [-0.2, -0.15) is 0 Å². The van der Waals surface area contributed by atoms with E-state index in [2.05, 4.69) is 23.4 Å². The highest BCUT2D eigenvalue weighted by molar-refractivity contribution is 5.76. The summed E-state index contributed by atoms with van der Waals surface area (Å²) < 4.78 is 7.55. The predicted molar refractivity (Wildman–Crippen MR) is 91.8 cm³/mol. The van der Waals surface area contributed by atoms with Crippen LogP contribution in [0.4, 0.5) is 0 Å². The Morgan fingerprint density at radius 2 is 1.78 bits per heavy atom. The number of ether oxygens (including phenoxy) is 1. The van der Waals surface area contributed by atoms with Crippen LogP contribution < -0.4 is 4.74 Å². The highest BCUT2D eigenvalue weighted by Crippen LogP contribution is 2.29. The maximum atomic E-state index is 10.8. The van der Waals surface area contributed by atoms with Gasteiger partial charge in [0.25, 0.3) is 0 Å². The molecule has 3 rings (SSSR count). The van der Waals surface area contributed by atoms with Crippen molar-refractivity contribution in [1.29, 1.82) is 0 Å². The van der Waals surface area contributed by atoms with Crippen LogP contribution in [0, 0.1) is 0 Å². The summed E-state index contributed by atoms with van der Waals surface area (Å²) in [5, 5.41) is 10.8. The number of aromatic nitrogens is 2. The number of benzene rings is 2. The fraction of sp³-hybridized carbons (Fsp3) is 0.316. The van der Waals surface area contributed by atoms with Gasteiger partial charge in [-0.3, -0.25) is 0 Å². The number of hydrogen-bond acceptors (Lipinski definition) is 3. The van der Waals surface area contributed by atoms with Crippen LogP contribution in [0.3, 0.4) is 0 Å². The molecule has 0 spiro atoms. The second kappa shape index (κ2) is 6.42. The molecule has 0 unspecified atom stereocenters. The number of fused-ring (bicyclic) bond motifs is 1. The summed E-state index contributed by atoms with van der Waals surface area (Å²) in [6.07, 6.45) is -0.763. The molecule has 0 bridgehead atoms. The van der Waals surface area contributed by atoms with Crippen molar-refractivity contribution < 1.29 is 9.84 Å². The van der Waals surface area contributed by atoms with Crippen LogP contribution in [0.2, 0.25) is 0 Å². The summed E-state index contributed by atoms with van der Waals surface area (Å²) in [4.78, 5) is 4.65. The van der Waals surface area contributed by atoms with Crippen molar-refractivity contribution in [2.75, 3.05) is 6.61 Å². The Kier molecular flexibility index (Phi) is 4.35. The van der Waals surface area contributed by atoms with Crippen LogP contribution in [0.5, 0.6) is 5.75 Å². The molecule has 0 saturated carbocycles. The quantitative estimate of drug-likeness (QED) is 0.772. The molecule has 3 aromatic rings. The first kappa shape index (κ1) is 15.6. The van der Waals surface area contributed by atoms with Crippen LogP contribution in [0.15, 0.2) is 48.5 Å². The first-order valence-electron chi connectivity index (χ1n) is 7.99. The van der Waals surface area contributed by atoms with E-state index in [-0.39, 0.29) is 6.04 Å². The molecule has 4 nitrogen and oxygen atoms in total. The average Bonchev–Trinajstić information content (AvgIpc) is 2.95. The molecule has 1 aromatic heterocycles. The minimum absolute atomic E-state index is 0.217. The van der Waals surface area contributed by atoms with Gasteiger partial charge in [-0.05, 0) is 50.6 Å². The van der Waals surface area contributed by atoms with Gasteiger partial charge in [0.05, 0.1) is 17.6 Å². The maximum Gasteiger partial charge on any atom is 0.143 e. The average molecular weight is 310 g/mol. The zero-order chi connectivity index (χ0) is 16.4. The Hall–Kier alpha value is -2.33. The van der Waals surface area contributed by atoms with E-state index in [1.54, 1.807) is 0 Å². The van der Waals surface area contributed by atoms with Crippen LogP contribution in [0.1, 0.15) is 44.3 Å². The summed E-state index contributed by atoms with van der Waals surface area (Å²) in [6, 6.07) is 15.7. The number of nitrogens with zero attached hydrogens (tertiary/aromatic N) is 2. The van der Waals surface area contributed by atoms with Gasteiger partial charge in [-0.15, -0.1) is 0 Å². The molecule has 0 saturated heterocycles. The number of aliphatic hydroxyl groups excluding tert-OH is 1. The standard InChI is InChI=1S/C19H22N2O2/c1-4-23-15-11-9-14(10-12-15)18(22)19-20-16-7-5-6-8-17(16)21(19)13(2)3/h5-13,18,22H,4H2,1-3H3/t18-/m0/s1. The molecule has 0 fully saturated rings. The summed E-state index contributed by atoms with van der Waals surface area (Å²) >= 11 is 0. The zero-order valence-corrected chi connectivity index (χ0v) is 13.7. The van der Waals surface area contributed by atoms with Crippen LogP contribution >= 0.6 is 0 Å². The normalized spacial score (nSPS) is 12.7. The van der Waals surface area contributed by atoms with Crippen molar-refractivity contribution in [2.45, 2.75) is 32.9 Å². The van der Waals surface area contributed by atoms with E-state index in [0.717, 1.165) is 22.3 Å². The monoisotopic (exact) mass is 310 g/mol. The van der Waals surface area contributed by atoms with Crippen molar-refractivity contribution >= 4 is 11.0 Å². The highest BCUT2D eigenvalue weighted by Gasteiger charge is 2.21. The third kappa shape index (κ3) is 2.94. The van der Waals surface area contributed by atoms with Gasteiger partial charge < -0.3 is 14.4 Å². The third-order valence-electron chi connectivity index (χ3n) is 3.89. The molecule has 2 aromatic carbocycles. The molecule has 4 heteroatoms. The number of hydrogen-bond donors (Lipinski definition) is 1. The number of imidazole rings is 1. The van der Waals surface area contributed by atoms with Crippen LogP contribution in [-0.4, -0.2) is 21.3 Å². The lowest BCUT2D eigenvalue weighted by molar-refractivity contribution is 0.203. The lowest BCUT2D eigenvalue weighted by Crippen LogP contribution is -2.12. The Balaban J connectivity index is 2.03. The number of rotatable bonds is 5. The van der Waals surface area contributed by atoms with Gasteiger partial charge in [0.1, 0.15) is 17.7 Å². The molecule has 0 aliphatic carbocycles. The molecule has 0 amide bonds. The molecule has 23 heavy (non-hydrogen) atoms. The lowest BCUT2D eigenvalue weighted by Gasteiger charge is -2.17. The largest absolute Gasteiger partial charge is 0.494 e. The summed E-state index contributed by atoms with van der Waals surface area (Å²) in [6.45, 7) is 6.78. The molecule has 1 N–H and O–H groups in total. The molecule has 1 atom stereocenters. The predicted octanol–water partition coefficient (Wildman–Crippen LogP) is 4.10. The minimum Gasteiger partial charge on any atom is -0.494 e. The molecule has 1 heterocycles. The van der Waals surface area contributed by atoms with Crippen molar-refractivity contribution in [2.24, 2.45) is 0 Å². The topological polar surface area (TPSA) is 47.3 Å². The Morgan fingerprint density at radius 1 is 1.09 bits per heavy atom. The van der Waals surface area contributed by atoms with Crippen LogP contribution in [0.25, 0.3) is 11.0 Å². The molecule has 120 valence electrons. The van der Waals surface area contributed by atoms with E-state index in [9.17, 15) is 5.11 Å². The Labute approximate surface area is 136 Å². The van der Waals surface area contributed by atoms with E-state index in [0.29, 0.717) is 12.4 Å². The van der Waals surface area contributed by atoms with E-state index >= 15 is 0 Å². The summed E-state index contributed by atoms with van der Waals surface area (Å²) in [5.74, 6) is 1.48. The Bertz CT molecular complexity index is 791. The van der Waals surface area contributed by atoms with Gasteiger partial charge in [-0.25, -0.2) is 4.98 Å². The van der Waals surface area contributed by atoms with Gasteiger partial charge >= 0.3 is 0 Å². The SMILES string of the molecule is CCOc1ccc([C@H](O)c2nc3ccccc3n2C(C)C)cc1. The molecule has 0 aliphatic rings. The molecule has 0 radical (unpaired) electrons. The van der Waals surface area contributed by atoms with Crippen molar-refractivity contribution in [3.05, 3.63) is 59.9 Å². The van der Waals surface area contributed by atoms with Crippen molar-refractivity contribution in [3.8, 4) is 5.75 Å². The van der Waals surface area contributed by atoms with Gasteiger partial charge in [0.15, 0.2) is 0 Å². The van der Waals surface area contributed by atoms with E-state index in [4.69, 9.17) is 4.74 Å². The minimum atomic E-state index is -0.763. The molecular weight excluding hydrogens is 288 g/mol. The smallest absolute Gasteiger partial charge is 0.143 e. The highest BCUT2D eigenvalue weighted by atomic mass is 16.5. The van der Waals surface area contributed by atoms with Gasteiger partial charge in [0.2, 0.25) is 0 Å². The Morgan fingerprint density at radius 3 is 2.43 bits per heavy atom. The molecular formula is C19H22N2O2. The third-order valence-corrected chi connectivity index (χ3v) is 3.89. The summed E-state index contributed by atoms with van der Waals surface area (Å²) in [5.41, 5.74) is 2.76.